The van der Waals surface area contributed by atoms with Crippen LogP contribution in [0.2, 0.25) is 0 Å². The molecule has 1 aliphatic rings. The highest BCUT2D eigenvalue weighted by molar-refractivity contribution is 5.78. The van der Waals surface area contributed by atoms with Crippen molar-refractivity contribution in [1.29, 1.82) is 0 Å². The van der Waals surface area contributed by atoms with Gasteiger partial charge in [0.15, 0.2) is 0 Å². The molecule has 4 nitrogen and oxygen atoms in total. The lowest BCUT2D eigenvalue weighted by molar-refractivity contribution is -0.123. The van der Waals surface area contributed by atoms with E-state index in [1.807, 2.05) is 4.90 Å². The van der Waals surface area contributed by atoms with Crippen LogP contribution in [0.1, 0.15) is 11.1 Å². The number of halogens is 1. The van der Waals surface area contributed by atoms with Crippen molar-refractivity contribution in [3.05, 3.63) is 35.1 Å². The molecule has 98 valence electrons. The number of likely N-dealkylation sites (tertiary alicyclic amines) is 1. The molecule has 5 heteroatoms. The molecule has 0 aliphatic carbocycles. The highest BCUT2D eigenvalue weighted by atomic mass is 19.1. The number of carbonyl (C=O) groups is 1. The lowest BCUT2D eigenvalue weighted by Gasteiger charge is -2.36. The van der Waals surface area contributed by atoms with Crippen molar-refractivity contribution < 1.29 is 9.18 Å². The number of hydrogen-bond acceptors (Lipinski definition) is 3. The molecular weight excluding hydrogens is 233 g/mol. The molecular formula is C13H18FN3O. The average Bonchev–Trinajstić information content (AvgIpc) is 2.29. The van der Waals surface area contributed by atoms with Gasteiger partial charge in [-0.1, -0.05) is 12.1 Å². The normalized spacial score (nSPS) is 16.4. The van der Waals surface area contributed by atoms with E-state index in [-0.39, 0.29) is 17.8 Å². The number of hydrogen-bond donors (Lipinski definition) is 2. The van der Waals surface area contributed by atoms with Crippen LogP contribution in [0.5, 0.6) is 0 Å². The maximum atomic E-state index is 13.1. The van der Waals surface area contributed by atoms with Crippen LogP contribution >= 0.6 is 0 Å². The number of amides is 1. The molecule has 2 rings (SSSR count). The van der Waals surface area contributed by atoms with Crippen molar-refractivity contribution in [3.63, 3.8) is 0 Å². The van der Waals surface area contributed by atoms with Gasteiger partial charge < -0.3 is 11.1 Å². The molecule has 0 bridgehead atoms. The maximum absolute atomic E-state index is 13.1. The van der Waals surface area contributed by atoms with Crippen molar-refractivity contribution in [1.82, 2.24) is 10.2 Å². The molecule has 0 unspecified atom stereocenters. The first-order chi connectivity index (χ1) is 8.54. The smallest absolute Gasteiger partial charge is 0.234 e. The first-order valence-corrected chi connectivity index (χ1v) is 6.04. The number of nitrogens with two attached hydrogens (primary N) is 1. The zero-order valence-electron chi connectivity index (χ0n) is 10.4. The zero-order chi connectivity index (χ0) is 13.1. The molecule has 1 amide bonds. The summed E-state index contributed by atoms with van der Waals surface area (Å²) in [4.78, 5) is 13.6. The summed E-state index contributed by atoms with van der Waals surface area (Å²) in [6.45, 7) is 4.09. The summed E-state index contributed by atoms with van der Waals surface area (Å²) in [5.41, 5.74) is 7.13. The monoisotopic (exact) mass is 251 g/mol. The molecule has 1 aromatic carbocycles. The molecule has 1 saturated heterocycles. The van der Waals surface area contributed by atoms with E-state index < -0.39 is 0 Å². The van der Waals surface area contributed by atoms with Crippen LogP contribution in [0, 0.1) is 12.7 Å². The van der Waals surface area contributed by atoms with Crippen LogP contribution in [0.25, 0.3) is 0 Å². The summed E-state index contributed by atoms with van der Waals surface area (Å²) in [5.74, 6) is -0.247. The van der Waals surface area contributed by atoms with Gasteiger partial charge in [-0.2, -0.15) is 0 Å². The second-order valence-electron chi connectivity index (χ2n) is 4.81. The fourth-order valence-corrected chi connectivity index (χ4v) is 2.02. The number of carbonyl (C=O) groups excluding carboxylic acids is 1. The van der Waals surface area contributed by atoms with E-state index in [2.05, 4.69) is 5.32 Å². The molecule has 1 heterocycles. The van der Waals surface area contributed by atoms with Crippen molar-refractivity contribution in [2.24, 2.45) is 5.73 Å². The number of nitrogens with one attached hydrogen (secondary N) is 1. The van der Waals surface area contributed by atoms with Gasteiger partial charge in [0.1, 0.15) is 5.82 Å². The van der Waals surface area contributed by atoms with Gasteiger partial charge >= 0.3 is 0 Å². The first kappa shape index (κ1) is 13.0. The van der Waals surface area contributed by atoms with E-state index in [1.165, 1.54) is 6.07 Å². The lowest BCUT2D eigenvalue weighted by Crippen LogP contribution is -2.57. The summed E-state index contributed by atoms with van der Waals surface area (Å²) in [6, 6.07) is 5.06. The van der Waals surface area contributed by atoms with Gasteiger partial charge in [0.25, 0.3) is 0 Å². The van der Waals surface area contributed by atoms with Gasteiger partial charge in [-0.25, -0.2) is 4.39 Å². The molecule has 18 heavy (non-hydrogen) atoms. The van der Waals surface area contributed by atoms with Gasteiger partial charge in [0.05, 0.1) is 6.54 Å². The number of benzene rings is 1. The van der Waals surface area contributed by atoms with E-state index in [0.29, 0.717) is 18.7 Å². The summed E-state index contributed by atoms with van der Waals surface area (Å²) in [5, 5.41) is 2.82. The molecule has 0 aromatic heterocycles. The number of nitrogens with zero attached hydrogens (tertiary/aromatic N) is 1. The van der Waals surface area contributed by atoms with E-state index in [0.717, 1.165) is 18.7 Å². The minimum atomic E-state index is -0.223. The molecule has 0 radical (unpaired) electrons. The van der Waals surface area contributed by atoms with E-state index in [4.69, 9.17) is 5.73 Å². The van der Waals surface area contributed by atoms with Gasteiger partial charge in [0, 0.05) is 25.7 Å². The van der Waals surface area contributed by atoms with E-state index in [9.17, 15) is 9.18 Å². The third-order valence-corrected chi connectivity index (χ3v) is 3.06. The van der Waals surface area contributed by atoms with Crippen molar-refractivity contribution in [2.45, 2.75) is 19.5 Å². The quantitative estimate of drug-likeness (QED) is 0.814. The Hall–Kier alpha value is -1.46. The largest absolute Gasteiger partial charge is 0.351 e. The van der Waals surface area contributed by atoms with Crippen LogP contribution in [-0.4, -0.2) is 36.5 Å². The van der Waals surface area contributed by atoms with Crippen molar-refractivity contribution in [3.8, 4) is 0 Å². The molecule has 1 fully saturated rings. The maximum Gasteiger partial charge on any atom is 0.234 e. The van der Waals surface area contributed by atoms with Crippen molar-refractivity contribution in [2.75, 3.05) is 19.6 Å². The molecule has 1 aliphatic heterocycles. The molecule has 3 N–H and O–H groups in total. The second kappa shape index (κ2) is 5.46. The topological polar surface area (TPSA) is 58.4 Å². The molecule has 0 atom stereocenters. The fourth-order valence-electron chi connectivity index (χ4n) is 2.02. The average molecular weight is 251 g/mol. The minimum Gasteiger partial charge on any atom is -0.351 e. The molecule has 0 saturated carbocycles. The third-order valence-electron chi connectivity index (χ3n) is 3.06. The predicted octanol–water partition coefficient (Wildman–Crippen LogP) is 0.393. The van der Waals surface area contributed by atoms with Crippen LogP contribution in [0.4, 0.5) is 4.39 Å². The van der Waals surface area contributed by atoms with Crippen LogP contribution in [0.3, 0.4) is 0 Å². The van der Waals surface area contributed by atoms with E-state index in [1.54, 1.807) is 19.1 Å². The second-order valence-corrected chi connectivity index (χ2v) is 4.81. The Morgan fingerprint density at radius 1 is 1.56 bits per heavy atom. The van der Waals surface area contributed by atoms with E-state index >= 15 is 0 Å². The highest BCUT2D eigenvalue weighted by Crippen LogP contribution is 2.09. The van der Waals surface area contributed by atoms with Gasteiger partial charge in [0.2, 0.25) is 5.91 Å². The fraction of sp³-hybridized carbons (Fsp3) is 0.462. The van der Waals surface area contributed by atoms with Crippen LogP contribution in [0.15, 0.2) is 18.2 Å². The Kier molecular flexibility index (Phi) is 3.93. The summed E-state index contributed by atoms with van der Waals surface area (Å²) in [6.07, 6.45) is 0. The Labute approximate surface area is 106 Å². The van der Waals surface area contributed by atoms with Gasteiger partial charge in [-0.3, -0.25) is 9.69 Å². The molecule has 0 spiro atoms. The lowest BCUT2D eigenvalue weighted by atomic mass is 10.1. The van der Waals surface area contributed by atoms with Crippen molar-refractivity contribution >= 4 is 5.91 Å². The Morgan fingerprint density at radius 3 is 2.89 bits per heavy atom. The van der Waals surface area contributed by atoms with Crippen LogP contribution in [-0.2, 0) is 11.3 Å². The summed E-state index contributed by atoms with van der Waals surface area (Å²) in [7, 11) is 0. The number of rotatable bonds is 4. The SMILES string of the molecule is Cc1cc(CNC(=O)CN2CC(N)C2)ccc1F. The summed E-state index contributed by atoms with van der Waals surface area (Å²) >= 11 is 0. The Morgan fingerprint density at radius 2 is 2.28 bits per heavy atom. The predicted molar refractivity (Wildman–Crippen MR) is 67.4 cm³/mol. The standard InChI is InChI=1S/C13H18FN3O/c1-9-4-10(2-3-12(9)14)5-16-13(18)8-17-6-11(15)7-17/h2-4,11H,5-8,15H2,1H3,(H,16,18). The third kappa shape index (κ3) is 3.27. The minimum absolute atomic E-state index is 0.0242. The molecule has 1 aromatic rings. The summed E-state index contributed by atoms with van der Waals surface area (Å²) < 4.78 is 13.1. The Bertz CT molecular complexity index is 444. The highest BCUT2D eigenvalue weighted by Gasteiger charge is 2.24. The number of aryl methyl sites for hydroxylation is 1. The zero-order valence-corrected chi connectivity index (χ0v) is 10.4. The van der Waals surface area contributed by atoms with Gasteiger partial charge in [-0.05, 0) is 24.1 Å². The van der Waals surface area contributed by atoms with Crippen LogP contribution < -0.4 is 11.1 Å². The Balaban J connectivity index is 1.76. The first-order valence-electron chi connectivity index (χ1n) is 6.04. The van der Waals surface area contributed by atoms with Gasteiger partial charge in [-0.15, -0.1) is 0 Å².